The topological polar surface area (TPSA) is 76.2 Å². The summed E-state index contributed by atoms with van der Waals surface area (Å²) in [5.41, 5.74) is 4.12. The Bertz CT molecular complexity index is 951. The van der Waals surface area contributed by atoms with Crippen LogP contribution in [0.3, 0.4) is 0 Å². The van der Waals surface area contributed by atoms with Crippen LogP contribution in [0.15, 0.2) is 22.3 Å². The molecule has 27 heavy (non-hydrogen) atoms. The van der Waals surface area contributed by atoms with Crippen molar-refractivity contribution in [2.24, 2.45) is 7.05 Å². The van der Waals surface area contributed by atoms with Crippen LogP contribution in [0.4, 0.5) is 0 Å². The number of aromatic nitrogens is 3. The molecule has 4 rings (SSSR count). The van der Waals surface area contributed by atoms with Crippen molar-refractivity contribution in [3.63, 3.8) is 0 Å². The molecule has 1 aliphatic heterocycles. The van der Waals surface area contributed by atoms with Gasteiger partial charge in [-0.25, -0.2) is 4.98 Å². The molecule has 1 amide bonds. The zero-order valence-corrected chi connectivity index (χ0v) is 16.6. The first-order valence-electron chi connectivity index (χ1n) is 9.00. The smallest absolute Gasteiger partial charge is 0.252 e. The van der Waals surface area contributed by atoms with Crippen LogP contribution >= 0.6 is 11.3 Å². The van der Waals surface area contributed by atoms with E-state index in [-0.39, 0.29) is 5.91 Å². The lowest BCUT2D eigenvalue weighted by molar-refractivity contribution is 0.0948. The Hall–Kier alpha value is -2.45. The molecule has 0 bridgehead atoms. The third-order valence-corrected chi connectivity index (χ3v) is 6.18. The molecule has 0 aliphatic carbocycles. The highest BCUT2D eigenvalue weighted by Gasteiger charge is 2.25. The monoisotopic (exact) mass is 385 g/mol. The number of imidazole rings is 1. The molecular formula is C19H23N5O2S. The molecule has 1 aliphatic rings. The summed E-state index contributed by atoms with van der Waals surface area (Å²) in [4.78, 5) is 20.5. The predicted molar refractivity (Wildman–Crippen MR) is 102 cm³/mol. The SMILES string of the molecule is Cc1noc(C)c1CN1CCc2c(C(=O)NCc3nccn3C)csc2C1. The first-order chi connectivity index (χ1) is 13.0. The highest BCUT2D eigenvalue weighted by atomic mass is 32.1. The number of rotatable bonds is 5. The van der Waals surface area contributed by atoms with Crippen molar-refractivity contribution < 1.29 is 9.32 Å². The molecular weight excluding hydrogens is 362 g/mol. The summed E-state index contributed by atoms with van der Waals surface area (Å²) in [6.45, 7) is 6.99. The largest absolute Gasteiger partial charge is 0.361 e. The Balaban J connectivity index is 1.42. The summed E-state index contributed by atoms with van der Waals surface area (Å²) < 4.78 is 7.19. The van der Waals surface area contributed by atoms with Gasteiger partial charge in [-0.1, -0.05) is 5.16 Å². The fraction of sp³-hybridized carbons (Fsp3) is 0.421. The van der Waals surface area contributed by atoms with Crippen molar-refractivity contribution in [1.29, 1.82) is 0 Å². The number of amides is 1. The van der Waals surface area contributed by atoms with Gasteiger partial charge in [-0.2, -0.15) is 0 Å². The second-order valence-electron chi connectivity index (χ2n) is 6.95. The maximum absolute atomic E-state index is 12.6. The average molecular weight is 385 g/mol. The summed E-state index contributed by atoms with van der Waals surface area (Å²) in [7, 11) is 1.93. The standard InChI is InChI=1S/C19H23N5O2S/c1-12-15(13(2)26-22-12)9-24-6-4-14-16(11-27-17(14)10-24)19(25)21-8-18-20-5-7-23(18)3/h5,7,11H,4,6,8-10H2,1-3H3,(H,21,25). The summed E-state index contributed by atoms with van der Waals surface area (Å²) in [5, 5.41) is 9.02. The zero-order chi connectivity index (χ0) is 19.0. The van der Waals surface area contributed by atoms with Crippen molar-refractivity contribution in [2.75, 3.05) is 6.54 Å². The Morgan fingerprint density at radius 1 is 1.41 bits per heavy atom. The van der Waals surface area contributed by atoms with Gasteiger partial charge in [0.25, 0.3) is 5.91 Å². The average Bonchev–Trinajstić information content (AvgIpc) is 3.34. The van der Waals surface area contributed by atoms with Crippen LogP contribution in [-0.4, -0.2) is 32.1 Å². The van der Waals surface area contributed by atoms with Crippen molar-refractivity contribution in [3.05, 3.63) is 56.6 Å². The molecule has 4 heterocycles. The molecule has 7 nitrogen and oxygen atoms in total. The molecule has 8 heteroatoms. The number of nitrogens with one attached hydrogen (secondary N) is 1. The van der Waals surface area contributed by atoms with E-state index in [1.165, 1.54) is 16.0 Å². The predicted octanol–water partition coefficient (Wildman–Crippen LogP) is 2.57. The Kier molecular flexibility index (Phi) is 4.84. The summed E-state index contributed by atoms with van der Waals surface area (Å²) in [6, 6.07) is 0. The first kappa shape index (κ1) is 17.9. The van der Waals surface area contributed by atoms with E-state index in [1.54, 1.807) is 17.5 Å². The third-order valence-electron chi connectivity index (χ3n) is 5.16. The van der Waals surface area contributed by atoms with Gasteiger partial charge in [0, 0.05) is 54.9 Å². The third kappa shape index (κ3) is 3.54. The molecule has 0 atom stereocenters. The van der Waals surface area contributed by atoms with Crippen molar-refractivity contribution in [3.8, 4) is 0 Å². The van der Waals surface area contributed by atoms with Gasteiger partial charge in [0.2, 0.25) is 0 Å². The van der Waals surface area contributed by atoms with Gasteiger partial charge in [-0.3, -0.25) is 9.69 Å². The number of hydrogen-bond acceptors (Lipinski definition) is 6. The molecule has 0 saturated heterocycles. The van der Waals surface area contributed by atoms with Crippen LogP contribution in [0, 0.1) is 13.8 Å². The summed E-state index contributed by atoms with van der Waals surface area (Å²) in [6.07, 6.45) is 4.50. The molecule has 0 aromatic carbocycles. The number of nitrogens with zero attached hydrogens (tertiary/aromatic N) is 4. The second-order valence-corrected chi connectivity index (χ2v) is 7.92. The molecule has 1 N–H and O–H groups in total. The van der Waals surface area contributed by atoms with Gasteiger partial charge in [0.05, 0.1) is 17.8 Å². The molecule has 0 fully saturated rings. The van der Waals surface area contributed by atoms with Crippen molar-refractivity contribution in [2.45, 2.75) is 39.9 Å². The highest BCUT2D eigenvalue weighted by Crippen LogP contribution is 2.30. The lowest BCUT2D eigenvalue weighted by atomic mass is 10.0. The van der Waals surface area contributed by atoms with Crippen molar-refractivity contribution in [1.82, 2.24) is 24.9 Å². The Morgan fingerprint density at radius 3 is 2.96 bits per heavy atom. The van der Waals surface area contributed by atoms with E-state index in [2.05, 4.69) is 20.4 Å². The second kappa shape index (κ2) is 7.28. The summed E-state index contributed by atoms with van der Waals surface area (Å²) >= 11 is 1.67. The normalized spacial score (nSPS) is 14.3. The zero-order valence-electron chi connectivity index (χ0n) is 15.8. The van der Waals surface area contributed by atoms with Crippen LogP contribution in [-0.2, 0) is 33.1 Å². The lowest BCUT2D eigenvalue weighted by Crippen LogP contribution is -2.31. The number of carbonyl (C=O) groups excluding carboxylic acids is 1. The van der Waals surface area contributed by atoms with Crippen LogP contribution < -0.4 is 5.32 Å². The molecule has 142 valence electrons. The molecule has 0 radical (unpaired) electrons. The fourth-order valence-electron chi connectivity index (χ4n) is 3.48. The van der Waals surface area contributed by atoms with E-state index in [0.717, 1.165) is 48.9 Å². The van der Waals surface area contributed by atoms with Crippen LogP contribution in [0.2, 0.25) is 0 Å². The van der Waals surface area contributed by atoms with Crippen LogP contribution in [0.25, 0.3) is 0 Å². The number of carbonyl (C=O) groups is 1. The molecule has 0 unspecified atom stereocenters. The van der Waals surface area contributed by atoms with Gasteiger partial charge < -0.3 is 14.4 Å². The van der Waals surface area contributed by atoms with Gasteiger partial charge in [-0.15, -0.1) is 11.3 Å². The summed E-state index contributed by atoms with van der Waals surface area (Å²) in [5.74, 6) is 1.71. The minimum Gasteiger partial charge on any atom is -0.361 e. The van der Waals surface area contributed by atoms with Crippen LogP contribution in [0.1, 0.15) is 43.6 Å². The van der Waals surface area contributed by atoms with E-state index < -0.39 is 0 Å². The maximum Gasteiger partial charge on any atom is 0.252 e. The van der Waals surface area contributed by atoms with Gasteiger partial charge in [0.1, 0.15) is 11.6 Å². The minimum absolute atomic E-state index is 0.0188. The van der Waals surface area contributed by atoms with Crippen molar-refractivity contribution >= 4 is 17.2 Å². The molecule has 0 saturated carbocycles. The number of fused-ring (bicyclic) bond motifs is 1. The Morgan fingerprint density at radius 2 is 2.26 bits per heavy atom. The maximum atomic E-state index is 12.6. The lowest BCUT2D eigenvalue weighted by Gasteiger charge is -2.27. The minimum atomic E-state index is -0.0188. The highest BCUT2D eigenvalue weighted by molar-refractivity contribution is 7.10. The van der Waals surface area contributed by atoms with E-state index >= 15 is 0 Å². The number of aryl methyl sites for hydroxylation is 3. The fourth-order valence-corrected chi connectivity index (χ4v) is 4.60. The van der Waals surface area contributed by atoms with E-state index in [0.29, 0.717) is 6.54 Å². The van der Waals surface area contributed by atoms with E-state index in [9.17, 15) is 4.79 Å². The Labute approximate surface area is 162 Å². The molecule has 3 aromatic rings. The van der Waals surface area contributed by atoms with Gasteiger partial charge in [0.15, 0.2) is 0 Å². The number of hydrogen-bond donors (Lipinski definition) is 1. The first-order valence-corrected chi connectivity index (χ1v) is 9.88. The van der Waals surface area contributed by atoms with E-state index in [4.69, 9.17) is 4.52 Å². The van der Waals surface area contributed by atoms with Crippen LogP contribution in [0.5, 0.6) is 0 Å². The molecule has 0 spiro atoms. The van der Waals surface area contributed by atoms with E-state index in [1.807, 2.05) is 37.0 Å². The molecule has 3 aromatic heterocycles. The van der Waals surface area contributed by atoms with Gasteiger partial charge in [-0.05, 0) is 25.8 Å². The quantitative estimate of drug-likeness (QED) is 0.731. The van der Waals surface area contributed by atoms with Gasteiger partial charge >= 0.3 is 0 Å². The number of thiophene rings is 1.